The number of anilines is 1. The second kappa shape index (κ2) is 5.98. The molecule has 6 nitrogen and oxygen atoms in total. The molecule has 7 heteroatoms. The van der Waals surface area contributed by atoms with E-state index < -0.39 is 11.9 Å². The Hall–Kier alpha value is -2.44. The molecule has 1 aliphatic rings. The van der Waals surface area contributed by atoms with Gasteiger partial charge in [0.1, 0.15) is 5.82 Å². The molecule has 1 amide bonds. The maximum Gasteiger partial charge on any atom is 0.306 e. The minimum atomic E-state index is -0.847. The Morgan fingerprint density at radius 1 is 1.35 bits per heavy atom. The second-order valence-electron chi connectivity index (χ2n) is 6.02. The van der Waals surface area contributed by atoms with E-state index in [2.05, 4.69) is 10.3 Å². The van der Waals surface area contributed by atoms with Gasteiger partial charge < -0.3 is 9.67 Å². The predicted molar refractivity (Wildman–Crippen MR) is 82.4 cm³/mol. The highest BCUT2D eigenvalue weighted by Crippen LogP contribution is 2.30. The van der Waals surface area contributed by atoms with Gasteiger partial charge in [0.05, 0.1) is 17.0 Å². The van der Waals surface area contributed by atoms with Crippen molar-refractivity contribution in [2.45, 2.75) is 25.7 Å². The average Bonchev–Trinajstić information content (AvgIpc) is 2.82. The number of imidazole rings is 1. The van der Waals surface area contributed by atoms with Crippen LogP contribution in [0.5, 0.6) is 0 Å². The Morgan fingerprint density at radius 3 is 2.83 bits per heavy atom. The molecule has 1 saturated carbocycles. The first-order chi connectivity index (χ1) is 11.0. The monoisotopic (exact) mass is 319 g/mol. The van der Waals surface area contributed by atoms with Crippen LogP contribution in [0.2, 0.25) is 0 Å². The van der Waals surface area contributed by atoms with E-state index in [0.29, 0.717) is 36.2 Å². The van der Waals surface area contributed by atoms with Crippen LogP contribution in [0.15, 0.2) is 18.2 Å². The molecule has 3 rings (SSSR count). The number of aromatic nitrogens is 2. The largest absolute Gasteiger partial charge is 0.481 e. The Labute approximate surface area is 132 Å². The summed E-state index contributed by atoms with van der Waals surface area (Å²) in [5, 5.41) is 11.9. The summed E-state index contributed by atoms with van der Waals surface area (Å²) in [4.78, 5) is 27.7. The van der Waals surface area contributed by atoms with Gasteiger partial charge in [-0.15, -0.1) is 0 Å². The van der Waals surface area contributed by atoms with Gasteiger partial charge in [-0.1, -0.05) is 6.42 Å². The van der Waals surface area contributed by atoms with Crippen LogP contribution < -0.4 is 5.32 Å². The summed E-state index contributed by atoms with van der Waals surface area (Å²) in [6.07, 6.45) is 2.36. The minimum absolute atomic E-state index is 0.227. The molecule has 2 atom stereocenters. The molecule has 122 valence electrons. The van der Waals surface area contributed by atoms with Crippen LogP contribution in [-0.2, 0) is 16.6 Å². The van der Waals surface area contributed by atoms with Gasteiger partial charge in [0.2, 0.25) is 11.9 Å². The lowest BCUT2D eigenvalue weighted by Gasteiger charge is -2.25. The van der Waals surface area contributed by atoms with Crippen molar-refractivity contribution in [1.82, 2.24) is 9.55 Å². The third kappa shape index (κ3) is 3.04. The van der Waals surface area contributed by atoms with Crippen LogP contribution in [0.4, 0.5) is 10.3 Å². The Morgan fingerprint density at radius 2 is 2.09 bits per heavy atom. The summed E-state index contributed by atoms with van der Waals surface area (Å²) in [5.74, 6) is -1.91. The fourth-order valence-electron chi connectivity index (χ4n) is 3.15. The van der Waals surface area contributed by atoms with Crippen LogP contribution in [0.3, 0.4) is 0 Å². The summed E-state index contributed by atoms with van der Waals surface area (Å²) in [6, 6.07) is 4.26. The van der Waals surface area contributed by atoms with Gasteiger partial charge in [0.15, 0.2) is 0 Å². The molecule has 1 heterocycles. The van der Waals surface area contributed by atoms with Crippen molar-refractivity contribution in [3.8, 4) is 0 Å². The maximum absolute atomic E-state index is 13.3. The standard InChI is InChI=1S/C16H18FN3O3/c1-20-13-6-5-11(17)8-12(13)18-16(20)19-14(21)9-3-2-4-10(7-9)15(22)23/h5-6,8-10H,2-4,7H2,1H3,(H,22,23)(H,18,19,21). The van der Waals surface area contributed by atoms with Crippen LogP contribution in [0.1, 0.15) is 25.7 Å². The van der Waals surface area contributed by atoms with Crippen molar-refractivity contribution in [2.75, 3.05) is 5.32 Å². The number of fused-ring (bicyclic) bond motifs is 1. The lowest BCUT2D eigenvalue weighted by Crippen LogP contribution is -2.31. The van der Waals surface area contributed by atoms with Gasteiger partial charge in [0, 0.05) is 19.0 Å². The van der Waals surface area contributed by atoms with Gasteiger partial charge >= 0.3 is 5.97 Å². The molecule has 2 N–H and O–H groups in total. The zero-order valence-electron chi connectivity index (χ0n) is 12.8. The van der Waals surface area contributed by atoms with Crippen LogP contribution >= 0.6 is 0 Å². The van der Waals surface area contributed by atoms with E-state index in [1.165, 1.54) is 12.1 Å². The molecule has 0 aliphatic heterocycles. The molecule has 23 heavy (non-hydrogen) atoms. The number of nitrogens with zero attached hydrogens (tertiary/aromatic N) is 2. The van der Waals surface area contributed by atoms with Gasteiger partial charge in [-0.3, -0.25) is 14.9 Å². The molecule has 0 radical (unpaired) electrons. The third-order valence-corrected chi connectivity index (χ3v) is 4.47. The molecule has 1 aromatic heterocycles. The van der Waals surface area contributed by atoms with Crippen molar-refractivity contribution in [2.24, 2.45) is 18.9 Å². The van der Waals surface area contributed by atoms with E-state index in [0.717, 1.165) is 6.42 Å². The summed E-state index contributed by atoms with van der Waals surface area (Å²) < 4.78 is 14.9. The minimum Gasteiger partial charge on any atom is -0.481 e. The highest BCUT2D eigenvalue weighted by atomic mass is 19.1. The van der Waals surface area contributed by atoms with Crippen molar-refractivity contribution in [3.63, 3.8) is 0 Å². The molecular formula is C16H18FN3O3. The lowest BCUT2D eigenvalue weighted by molar-refractivity contribution is -0.143. The highest BCUT2D eigenvalue weighted by molar-refractivity contribution is 5.93. The second-order valence-corrected chi connectivity index (χ2v) is 6.02. The number of halogens is 1. The average molecular weight is 319 g/mol. The normalized spacial score (nSPS) is 21.3. The summed E-state index contributed by atoms with van der Waals surface area (Å²) in [6.45, 7) is 0. The van der Waals surface area contributed by atoms with Gasteiger partial charge in [-0.25, -0.2) is 9.37 Å². The van der Waals surface area contributed by atoms with E-state index in [1.807, 2.05) is 0 Å². The molecule has 0 saturated heterocycles. The number of hydrogen-bond donors (Lipinski definition) is 2. The number of amides is 1. The van der Waals surface area contributed by atoms with Crippen molar-refractivity contribution in [1.29, 1.82) is 0 Å². The van der Waals surface area contributed by atoms with E-state index in [1.54, 1.807) is 17.7 Å². The van der Waals surface area contributed by atoms with Crippen LogP contribution in [0.25, 0.3) is 11.0 Å². The predicted octanol–water partition coefficient (Wildman–Crippen LogP) is 2.54. The molecule has 1 aliphatic carbocycles. The number of nitrogens with one attached hydrogen (secondary N) is 1. The number of carbonyl (C=O) groups is 2. The smallest absolute Gasteiger partial charge is 0.306 e. The SMILES string of the molecule is Cn1c(NC(=O)C2CCCC(C(=O)O)C2)nc2cc(F)ccc21. The summed E-state index contributed by atoms with van der Waals surface area (Å²) >= 11 is 0. The first kappa shape index (κ1) is 15.5. The summed E-state index contributed by atoms with van der Waals surface area (Å²) in [5.41, 5.74) is 1.18. The zero-order valence-corrected chi connectivity index (χ0v) is 12.8. The molecule has 0 bridgehead atoms. The maximum atomic E-state index is 13.3. The topological polar surface area (TPSA) is 84.2 Å². The van der Waals surface area contributed by atoms with Crippen molar-refractivity contribution >= 4 is 28.9 Å². The quantitative estimate of drug-likeness (QED) is 0.910. The van der Waals surface area contributed by atoms with Crippen molar-refractivity contribution in [3.05, 3.63) is 24.0 Å². The molecule has 1 aromatic carbocycles. The number of aryl methyl sites for hydroxylation is 1. The summed E-state index contributed by atoms with van der Waals surface area (Å²) in [7, 11) is 1.74. The van der Waals surface area contributed by atoms with E-state index in [-0.39, 0.29) is 17.6 Å². The number of carboxylic acids is 1. The van der Waals surface area contributed by atoms with Crippen LogP contribution in [0, 0.1) is 17.7 Å². The first-order valence-corrected chi connectivity index (χ1v) is 7.61. The fraction of sp³-hybridized carbons (Fsp3) is 0.438. The Kier molecular flexibility index (Phi) is 4.02. The first-order valence-electron chi connectivity index (χ1n) is 7.61. The van der Waals surface area contributed by atoms with Gasteiger partial charge in [-0.05, 0) is 31.4 Å². The number of aliphatic carboxylic acids is 1. The van der Waals surface area contributed by atoms with Crippen LogP contribution in [-0.4, -0.2) is 26.5 Å². The Balaban J connectivity index is 1.77. The van der Waals surface area contributed by atoms with Gasteiger partial charge in [-0.2, -0.15) is 0 Å². The Bertz CT molecular complexity index is 771. The lowest BCUT2D eigenvalue weighted by atomic mass is 9.81. The van der Waals surface area contributed by atoms with E-state index in [4.69, 9.17) is 5.11 Å². The molecular weight excluding hydrogens is 301 g/mol. The number of benzene rings is 1. The number of carboxylic acid groups (broad SMARTS) is 1. The third-order valence-electron chi connectivity index (χ3n) is 4.47. The molecule has 0 spiro atoms. The number of rotatable bonds is 3. The number of carbonyl (C=O) groups excluding carboxylic acids is 1. The molecule has 2 aromatic rings. The number of hydrogen-bond acceptors (Lipinski definition) is 3. The van der Waals surface area contributed by atoms with E-state index >= 15 is 0 Å². The van der Waals surface area contributed by atoms with E-state index in [9.17, 15) is 14.0 Å². The fourth-order valence-corrected chi connectivity index (χ4v) is 3.15. The zero-order chi connectivity index (χ0) is 16.6. The van der Waals surface area contributed by atoms with Crippen molar-refractivity contribution < 1.29 is 19.1 Å². The molecule has 2 unspecified atom stereocenters. The molecule has 1 fully saturated rings. The van der Waals surface area contributed by atoms with Gasteiger partial charge in [0.25, 0.3) is 0 Å². The highest BCUT2D eigenvalue weighted by Gasteiger charge is 2.31.